The number of ketones is 1. The van der Waals surface area contributed by atoms with Crippen LogP contribution in [0.1, 0.15) is 30.4 Å². The Labute approximate surface area is 245 Å². The van der Waals surface area contributed by atoms with E-state index >= 15 is 0 Å². The summed E-state index contributed by atoms with van der Waals surface area (Å²) in [5.74, 6) is -0.760. The number of nitrogens with zero attached hydrogens (tertiary/aromatic N) is 6. The fraction of sp³-hybridized carbons (Fsp3) is 0.310. The molecule has 1 aliphatic heterocycles. The minimum Gasteiger partial charge on any atom is -0.321 e. The Morgan fingerprint density at radius 1 is 1.19 bits per heavy atom. The van der Waals surface area contributed by atoms with E-state index < -0.39 is 44.5 Å². The van der Waals surface area contributed by atoms with Crippen molar-refractivity contribution < 1.29 is 30.8 Å². The number of hydrogen-bond acceptors (Lipinski definition) is 6. The summed E-state index contributed by atoms with van der Waals surface area (Å²) in [6.45, 7) is 5.86. The van der Waals surface area contributed by atoms with Crippen LogP contribution in [0.4, 0.5) is 17.6 Å². The minimum absolute atomic E-state index is 0.0106. The van der Waals surface area contributed by atoms with Gasteiger partial charge in [-0.25, -0.2) is 22.5 Å². The van der Waals surface area contributed by atoms with Gasteiger partial charge in [0.25, 0.3) is 10.0 Å². The van der Waals surface area contributed by atoms with Crippen LogP contribution in [-0.2, 0) is 28.3 Å². The fourth-order valence-corrected chi connectivity index (χ4v) is 7.22. The number of Topliss-reactive ketones (excluding diaryl/α,β-unsaturated/α-hetero) is 1. The first-order valence-corrected chi connectivity index (χ1v) is 14.7. The van der Waals surface area contributed by atoms with Gasteiger partial charge in [0.15, 0.2) is 10.8 Å². The summed E-state index contributed by atoms with van der Waals surface area (Å²) in [5.41, 5.74) is -0.989. The van der Waals surface area contributed by atoms with Gasteiger partial charge in [-0.1, -0.05) is 11.6 Å². The number of carbonyl (C=O) groups is 1. The lowest BCUT2D eigenvalue weighted by molar-refractivity contribution is -0.124. The van der Waals surface area contributed by atoms with E-state index in [0.717, 1.165) is 10.4 Å². The maximum atomic E-state index is 14.3. The van der Waals surface area contributed by atoms with Gasteiger partial charge >= 0.3 is 6.18 Å². The molecule has 14 heteroatoms. The second kappa shape index (κ2) is 10.8. The molecule has 226 valence electrons. The first-order valence-electron chi connectivity index (χ1n) is 13.2. The Hall–Kier alpha value is -4.17. The van der Waals surface area contributed by atoms with E-state index in [1.165, 1.54) is 48.1 Å². The van der Waals surface area contributed by atoms with Crippen molar-refractivity contribution >= 4 is 28.6 Å². The highest BCUT2D eigenvalue weighted by molar-refractivity contribution is 7.89. The molecule has 1 aliphatic carbocycles. The molecule has 1 fully saturated rings. The molecule has 0 bridgehead atoms. The molecule has 0 radical (unpaired) electrons. The summed E-state index contributed by atoms with van der Waals surface area (Å²) in [6.07, 6.45) is 1.21. The number of allylic oxidation sites excluding steroid dienone is 4. The van der Waals surface area contributed by atoms with Gasteiger partial charge in [0, 0.05) is 20.1 Å². The second-order valence-corrected chi connectivity index (χ2v) is 12.3. The zero-order valence-electron chi connectivity index (χ0n) is 23.6. The molecule has 0 N–H and O–H groups in total. The number of rotatable bonds is 7. The van der Waals surface area contributed by atoms with E-state index in [1.807, 2.05) is 0 Å². The average Bonchev–Trinajstić information content (AvgIpc) is 3.53. The number of halogens is 4. The van der Waals surface area contributed by atoms with Crippen LogP contribution in [0.15, 0.2) is 75.7 Å². The molecule has 9 nitrogen and oxygen atoms in total. The monoisotopic (exact) mass is 616 g/mol. The predicted molar refractivity (Wildman–Crippen MR) is 151 cm³/mol. The Balaban J connectivity index is 1.65. The lowest BCUT2D eigenvalue weighted by Gasteiger charge is -2.44. The van der Waals surface area contributed by atoms with E-state index in [1.54, 1.807) is 24.7 Å². The second-order valence-electron chi connectivity index (χ2n) is 10.4. The highest BCUT2D eigenvalue weighted by atomic mass is 32.2. The summed E-state index contributed by atoms with van der Waals surface area (Å²) >= 11 is 0. The molecule has 3 aromatic rings. The lowest BCUT2D eigenvalue weighted by atomic mass is 9.65. The Bertz CT molecular complexity index is 1820. The largest absolute Gasteiger partial charge is 0.416 e. The number of aromatic nitrogens is 4. The van der Waals surface area contributed by atoms with Crippen LogP contribution in [0.5, 0.6) is 0 Å². The molecule has 1 atom stereocenters. The van der Waals surface area contributed by atoms with Gasteiger partial charge in [-0.2, -0.15) is 22.6 Å². The van der Waals surface area contributed by atoms with Crippen molar-refractivity contribution in [3.05, 3.63) is 88.6 Å². The number of imidazole rings is 1. The topological polar surface area (TPSA) is 102 Å². The molecule has 1 aromatic carbocycles. The summed E-state index contributed by atoms with van der Waals surface area (Å²) in [4.78, 5) is 22.1. The molecule has 0 saturated carbocycles. The van der Waals surface area contributed by atoms with Crippen molar-refractivity contribution in [1.29, 1.82) is 0 Å². The Morgan fingerprint density at radius 2 is 1.88 bits per heavy atom. The van der Waals surface area contributed by atoms with Crippen LogP contribution in [0.25, 0.3) is 11.8 Å². The number of piperidine rings is 1. The summed E-state index contributed by atoms with van der Waals surface area (Å²) in [5, 5.41) is 4.34. The summed E-state index contributed by atoms with van der Waals surface area (Å²) < 4.78 is 86.3. The van der Waals surface area contributed by atoms with Crippen molar-refractivity contribution in [2.45, 2.75) is 37.9 Å². The van der Waals surface area contributed by atoms with Crippen molar-refractivity contribution in [2.24, 2.45) is 17.5 Å². The smallest absolute Gasteiger partial charge is 0.321 e. The zero-order valence-corrected chi connectivity index (χ0v) is 24.4. The number of alkyl halides is 3. The molecular weight excluding hydrogens is 588 g/mol. The van der Waals surface area contributed by atoms with Crippen LogP contribution in [0.3, 0.4) is 0 Å². The standard InChI is InChI=1S/C29H28F4N6O3S/c1-5-20(29(31,32)33)12-24(34-3)27(40)28-14-19-15-36-39(23-8-6-22(30)7-9-23)25(19)13-21(28)10-11-38(17-28)43(41,42)26-16-35-18(2)37(26)4/h5-9,12-13,15-16H,3,10-11,14,17H2,1-2,4H3/b20-5+,24-12-/t28-/m0/s1. The normalized spacial score (nSPS) is 19.9. The third kappa shape index (κ3) is 5.18. The van der Waals surface area contributed by atoms with Crippen LogP contribution < -0.4 is 0 Å². The molecule has 3 heterocycles. The molecule has 43 heavy (non-hydrogen) atoms. The third-order valence-corrected chi connectivity index (χ3v) is 9.90. The minimum atomic E-state index is -4.75. The van der Waals surface area contributed by atoms with E-state index in [0.29, 0.717) is 34.4 Å². The van der Waals surface area contributed by atoms with Gasteiger partial charge < -0.3 is 4.57 Å². The van der Waals surface area contributed by atoms with Gasteiger partial charge in [-0.05, 0) is 75.4 Å². The first kappa shape index (κ1) is 30.3. The number of hydrogen-bond donors (Lipinski definition) is 0. The molecule has 2 aliphatic rings. The molecule has 1 saturated heterocycles. The maximum absolute atomic E-state index is 14.3. The Morgan fingerprint density at radius 3 is 2.47 bits per heavy atom. The number of carbonyl (C=O) groups excluding carboxylic acids is 1. The molecule has 5 rings (SSSR count). The van der Waals surface area contributed by atoms with E-state index in [-0.39, 0.29) is 31.0 Å². The SMILES string of the molecule is C=N/C(=C\C(=C/C)C(F)(F)F)C(=O)[C@]12Cc3cnn(-c4ccc(F)cc4)c3C=C1CCN(S(=O)(=O)c1cnc(C)n1C)C2. The molecular formula is C29H28F4N6O3S. The van der Waals surface area contributed by atoms with Crippen molar-refractivity contribution in [3.63, 3.8) is 0 Å². The van der Waals surface area contributed by atoms with E-state index in [9.17, 15) is 30.8 Å². The molecule has 0 spiro atoms. The maximum Gasteiger partial charge on any atom is 0.416 e. The molecule has 0 unspecified atom stereocenters. The first-order chi connectivity index (χ1) is 20.2. The van der Waals surface area contributed by atoms with Gasteiger partial charge in [0.2, 0.25) is 0 Å². The number of aryl methyl sites for hydroxylation is 1. The van der Waals surface area contributed by atoms with E-state index in [4.69, 9.17) is 0 Å². The summed E-state index contributed by atoms with van der Waals surface area (Å²) in [7, 11) is -2.60. The molecule has 0 amide bonds. The van der Waals surface area contributed by atoms with Gasteiger partial charge in [0.1, 0.15) is 17.3 Å². The summed E-state index contributed by atoms with van der Waals surface area (Å²) in [6, 6.07) is 5.64. The number of aliphatic imine (C=N–C) groups is 1. The van der Waals surface area contributed by atoms with Crippen molar-refractivity contribution in [1.82, 2.24) is 23.6 Å². The Kier molecular flexibility index (Phi) is 7.63. The lowest BCUT2D eigenvalue weighted by Crippen LogP contribution is -2.53. The van der Waals surface area contributed by atoms with Crippen LogP contribution >= 0.6 is 0 Å². The fourth-order valence-electron chi connectivity index (χ4n) is 5.57. The highest BCUT2D eigenvalue weighted by Crippen LogP contribution is 2.47. The quantitative estimate of drug-likeness (QED) is 0.165. The van der Waals surface area contributed by atoms with Gasteiger partial charge in [-0.3, -0.25) is 9.79 Å². The zero-order chi connectivity index (χ0) is 31.3. The molecule has 2 aromatic heterocycles. The number of sulfonamides is 1. The number of fused-ring (bicyclic) bond motifs is 2. The van der Waals surface area contributed by atoms with Gasteiger partial charge in [-0.15, -0.1) is 0 Å². The van der Waals surface area contributed by atoms with Crippen LogP contribution in [0, 0.1) is 18.2 Å². The van der Waals surface area contributed by atoms with E-state index in [2.05, 4.69) is 21.8 Å². The van der Waals surface area contributed by atoms with Crippen molar-refractivity contribution in [2.75, 3.05) is 13.1 Å². The average molecular weight is 617 g/mol. The van der Waals surface area contributed by atoms with Crippen LogP contribution in [0.2, 0.25) is 0 Å². The highest BCUT2D eigenvalue weighted by Gasteiger charge is 2.52. The van der Waals surface area contributed by atoms with Crippen molar-refractivity contribution in [3.8, 4) is 5.69 Å². The third-order valence-electron chi connectivity index (χ3n) is 8.00. The van der Waals surface area contributed by atoms with Crippen LogP contribution in [-0.4, -0.2) is 63.8 Å². The predicted octanol–water partition coefficient (Wildman–Crippen LogP) is 4.74. The van der Waals surface area contributed by atoms with Gasteiger partial charge in [0.05, 0.1) is 34.8 Å². The number of benzene rings is 1.